The van der Waals surface area contributed by atoms with Gasteiger partial charge in [0.05, 0.1) is 0 Å². The molecule has 1 heterocycles. The molecule has 6 heteroatoms. The normalized spacial score (nSPS) is 11.9. The number of aromatic nitrogens is 1. The maximum Gasteiger partial charge on any atom is 0.404 e. The van der Waals surface area contributed by atoms with Crippen LogP contribution in [0.2, 0.25) is 0 Å². The van der Waals surface area contributed by atoms with Crippen LogP contribution in [0.5, 0.6) is 5.88 Å². The summed E-state index contributed by atoms with van der Waals surface area (Å²) in [6.07, 6.45) is -1.26. The van der Waals surface area contributed by atoms with Crippen LogP contribution in [0.3, 0.4) is 0 Å². The van der Waals surface area contributed by atoms with Crippen molar-refractivity contribution in [1.29, 1.82) is 0 Å². The molecule has 0 aliphatic heterocycles. The summed E-state index contributed by atoms with van der Waals surface area (Å²) in [5, 5.41) is 0. The predicted octanol–water partition coefficient (Wildman–Crippen LogP) is 0.835. The summed E-state index contributed by atoms with van der Waals surface area (Å²) in [7, 11) is 0. The lowest BCUT2D eigenvalue weighted by Crippen LogP contribution is -2.25. The molecular weight excluding hydrogens is 210 g/mol. The molecule has 0 saturated carbocycles. The first-order valence-electron chi connectivity index (χ1n) is 4.80. The highest BCUT2D eigenvalue weighted by Gasteiger charge is 2.07. The number of ether oxygens (including phenoxy) is 2. The lowest BCUT2D eigenvalue weighted by Gasteiger charge is -2.12. The van der Waals surface area contributed by atoms with E-state index in [1.807, 2.05) is 6.92 Å². The van der Waals surface area contributed by atoms with E-state index in [-0.39, 0.29) is 6.61 Å². The number of nitrogens with two attached hydrogens (primary N) is 2. The quantitative estimate of drug-likeness (QED) is 0.790. The van der Waals surface area contributed by atoms with Crippen LogP contribution >= 0.6 is 0 Å². The van der Waals surface area contributed by atoms with Gasteiger partial charge in [0.1, 0.15) is 12.7 Å². The second-order valence-corrected chi connectivity index (χ2v) is 3.44. The Kier molecular flexibility index (Phi) is 3.93. The highest BCUT2D eigenvalue weighted by molar-refractivity contribution is 5.64. The topological polar surface area (TPSA) is 100 Å². The van der Waals surface area contributed by atoms with E-state index in [0.29, 0.717) is 11.6 Å². The number of rotatable bonds is 4. The number of amides is 1. The minimum Gasteiger partial charge on any atom is -0.474 e. The van der Waals surface area contributed by atoms with Gasteiger partial charge in [-0.3, -0.25) is 0 Å². The molecule has 0 bridgehead atoms. The second kappa shape index (κ2) is 5.20. The SMILES string of the molecule is Cc1cc(N)cc(OC[C@H](C)OC(N)=O)n1. The van der Waals surface area contributed by atoms with Crippen LogP contribution in [-0.2, 0) is 4.74 Å². The molecule has 1 aromatic heterocycles. The van der Waals surface area contributed by atoms with Crippen molar-refractivity contribution in [1.82, 2.24) is 4.98 Å². The first-order valence-corrected chi connectivity index (χ1v) is 4.80. The Morgan fingerprint density at radius 1 is 1.56 bits per heavy atom. The number of carbonyl (C=O) groups is 1. The molecular formula is C10H15N3O3. The number of hydrogen-bond donors (Lipinski definition) is 2. The Bertz CT molecular complexity index is 361. The van der Waals surface area contributed by atoms with Crippen LogP contribution in [0.1, 0.15) is 12.6 Å². The summed E-state index contributed by atoms with van der Waals surface area (Å²) in [6.45, 7) is 3.66. The van der Waals surface area contributed by atoms with Crippen molar-refractivity contribution in [3.05, 3.63) is 17.8 Å². The molecule has 1 aromatic rings. The van der Waals surface area contributed by atoms with Gasteiger partial charge in [-0.25, -0.2) is 9.78 Å². The van der Waals surface area contributed by atoms with E-state index in [9.17, 15) is 4.79 Å². The first kappa shape index (κ1) is 12.1. The van der Waals surface area contributed by atoms with Gasteiger partial charge in [-0.15, -0.1) is 0 Å². The van der Waals surface area contributed by atoms with Gasteiger partial charge < -0.3 is 20.9 Å². The number of aryl methyl sites for hydroxylation is 1. The summed E-state index contributed by atoms with van der Waals surface area (Å²) >= 11 is 0. The van der Waals surface area contributed by atoms with Gasteiger partial charge in [0, 0.05) is 17.4 Å². The molecule has 1 atom stereocenters. The summed E-state index contributed by atoms with van der Waals surface area (Å²) < 4.78 is 9.99. The van der Waals surface area contributed by atoms with Crippen LogP contribution < -0.4 is 16.2 Å². The molecule has 0 aliphatic rings. The van der Waals surface area contributed by atoms with E-state index < -0.39 is 12.2 Å². The molecule has 0 aromatic carbocycles. The Morgan fingerprint density at radius 2 is 2.25 bits per heavy atom. The van der Waals surface area contributed by atoms with Gasteiger partial charge in [-0.05, 0) is 19.9 Å². The van der Waals surface area contributed by atoms with E-state index in [2.05, 4.69) is 9.72 Å². The molecule has 1 amide bonds. The predicted molar refractivity (Wildman–Crippen MR) is 59.0 cm³/mol. The monoisotopic (exact) mass is 225 g/mol. The standard InChI is InChI=1S/C10H15N3O3/c1-6-3-8(11)4-9(13-6)15-5-7(2)16-10(12)14/h3-4,7H,5H2,1-2H3,(H2,11,13)(H2,12,14)/t7-/m0/s1. The van der Waals surface area contributed by atoms with E-state index in [0.717, 1.165) is 5.69 Å². The number of anilines is 1. The van der Waals surface area contributed by atoms with Crippen molar-refractivity contribution in [2.75, 3.05) is 12.3 Å². The van der Waals surface area contributed by atoms with Crippen LogP contribution in [0.25, 0.3) is 0 Å². The molecule has 88 valence electrons. The van der Waals surface area contributed by atoms with Crippen LogP contribution in [0.4, 0.5) is 10.5 Å². The van der Waals surface area contributed by atoms with Crippen molar-refractivity contribution >= 4 is 11.8 Å². The second-order valence-electron chi connectivity index (χ2n) is 3.44. The van der Waals surface area contributed by atoms with Gasteiger partial charge in [0.2, 0.25) is 5.88 Å². The summed E-state index contributed by atoms with van der Waals surface area (Å²) in [4.78, 5) is 14.5. The van der Waals surface area contributed by atoms with Crippen LogP contribution in [0, 0.1) is 6.92 Å². The average molecular weight is 225 g/mol. The Balaban J connectivity index is 2.51. The van der Waals surface area contributed by atoms with Crippen molar-refractivity contribution in [3.63, 3.8) is 0 Å². The molecule has 16 heavy (non-hydrogen) atoms. The van der Waals surface area contributed by atoms with Crippen molar-refractivity contribution in [2.24, 2.45) is 5.73 Å². The number of primary amides is 1. The van der Waals surface area contributed by atoms with E-state index in [4.69, 9.17) is 16.2 Å². The third kappa shape index (κ3) is 4.04. The molecule has 4 N–H and O–H groups in total. The Morgan fingerprint density at radius 3 is 2.81 bits per heavy atom. The molecule has 0 spiro atoms. The van der Waals surface area contributed by atoms with Crippen molar-refractivity contribution in [2.45, 2.75) is 20.0 Å². The number of carbonyl (C=O) groups excluding carboxylic acids is 1. The van der Waals surface area contributed by atoms with Crippen molar-refractivity contribution < 1.29 is 14.3 Å². The summed E-state index contributed by atoms with van der Waals surface area (Å²) in [6, 6.07) is 3.33. The van der Waals surface area contributed by atoms with Gasteiger partial charge in [-0.2, -0.15) is 0 Å². The number of pyridine rings is 1. The minimum atomic E-state index is -0.826. The number of nitrogens with zero attached hydrogens (tertiary/aromatic N) is 1. The van der Waals surface area contributed by atoms with Crippen LogP contribution in [0.15, 0.2) is 12.1 Å². The lowest BCUT2D eigenvalue weighted by molar-refractivity contribution is 0.0808. The molecule has 1 rings (SSSR count). The smallest absolute Gasteiger partial charge is 0.404 e. The fourth-order valence-electron chi connectivity index (χ4n) is 1.17. The minimum absolute atomic E-state index is 0.179. The summed E-state index contributed by atoms with van der Waals surface area (Å²) in [5.41, 5.74) is 11.8. The lowest BCUT2D eigenvalue weighted by atomic mass is 10.3. The van der Waals surface area contributed by atoms with Gasteiger partial charge in [0.25, 0.3) is 0 Å². The molecule has 0 radical (unpaired) electrons. The van der Waals surface area contributed by atoms with Crippen molar-refractivity contribution in [3.8, 4) is 5.88 Å². The van der Waals surface area contributed by atoms with Gasteiger partial charge in [-0.1, -0.05) is 0 Å². The maximum atomic E-state index is 10.4. The van der Waals surface area contributed by atoms with E-state index in [1.165, 1.54) is 0 Å². The third-order valence-electron chi connectivity index (χ3n) is 1.74. The van der Waals surface area contributed by atoms with Gasteiger partial charge >= 0.3 is 6.09 Å². The van der Waals surface area contributed by atoms with Crippen LogP contribution in [-0.4, -0.2) is 23.8 Å². The fourth-order valence-corrected chi connectivity index (χ4v) is 1.17. The number of nitrogen functional groups attached to an aromatic ring is 1. The molecule has 0 saturated heterocycles. The highest BCUT2D eigenvalue weighted by atomic mass is 16.6. The Hall–Kier alpha value is -1.98. The van der Waals surface area contributed by atoms with E-state index >= 15 is 0 Å². The first-order chi connectivity index (χ1) is 7.47. The largest absolute Gasteiger partial charge is 0.474 e. The number of hydrogen-bond acceptors (Lipinski definition) is 5. The maximum absolute atomic E-state index is 10.4. The molecule has 0 unspecified atom stereocenters. The molecule has 0 fully saturated rings. The zero-order chi connectivity index (χ0) is 12.1. The zero-order valence-corrected chi connectivity index (χ0v) is 9.27. The Labute approximate surface area is 93.5 Å². The molecule has 6 nitrogen and oxygen atoms in total. The van der Waals surface area contributed by atoms with E-state index in [1.54, 1.807) is 19.1 Å². The summed E-state index contributed by atoms with van der Waals surface area (Å²) in [5.74, 6) is 0.400. The van der Waals surface area contributed by atoms with Gasteiger partial charge in [0.15, 0.2) is 0 Å². The highest BCUT2D eigenvalue weighted by Crippen LogP contribution is 2.14. The third-order valence-corrected chi connectivity index (χ3v) is 1.74. The fraction of sp³-hybridized carbons (Fsp3) is 0.400. The average Bonchev–Trinajstić information content (AvgIpc) is 2.12. The zero-order valence-electron chi connectivity index (χ0n) is 9.27. The molecule has 0 aliphatic carbocycles.